The molecule has 0 aromatic heterocycles. The van der Waals surface area contributed by atoms with E-state index in [0.717, 1.165) is 12.8 Å². The number of ether oxygens (including phenoxy) is 1. The van der Waals surface area contributed by atoms with Crippen LogP contribution in [0.4, 0.5) is 18.0 Å². The van der Waals surface area contributed by atoms with Crippen LogP contribution in [0.3, 0.4) is 0 Å². The molecule has 0 unspecified atom stereocenters. The highest BCUT2D eigenvalue weighted by atomic mass is 19.4. The molecule has 23 heavy (non-hydrogen) atoms. The highest BCUT2D eigenvalue weighted by molar-refractivity contribution is 5.74. The van der Waals surface area contributed by atoms with Gasteiger partial charge in [-0.1, -0.05) is 20.8 Å². The number of hydrogen-bond acceptors (Lipinski definition) is 2. The van der Waals surface area contributed by atoms with Gasteiger partial charge in [0.15, 0.2) is 0 Å². The molecule has 0 aliphatic heterocycles. The Labute approximate surface area is 135 Å². The van der Waals surface area contributed by atoms with E-state index in [1.54, 1.807) is 6.92 Å². The SMILES string of the molecule is C[C@@H](COCC(F)(F)F)NC(=O)N[C@H]1C[C@H]2CC[C@@]1(C)C2(C)C. The van der Waals surface area contributed by atoms with Crippen LogP contribution in [0.5, 0.6) is 0 Å². The second kappa shape index (κ2) is 6.15. The Morgan fingerprint density at radius 1 is 1.35 bits per heavy atom. The zero-order valence-electron chi connectivity index (χ0n) is 14.2. The van der Waals surface area contributed by atoms with E-state index >= 15 is 0 Å². The predicted octanol–water partition coefficient (Wildman–Crippen LogP) is 3.47. The van der Waals surface area contributed by atoms with Crippen LogP contribution in [0.2, 0.25) is 0 Å². The van der Waals surface area contributed by atoms with Gasteiger partial charge in [0.2, 0.25) is 0 Å². The van der Waals surface area contributed by atoms with Crippen molar-refractivity contribution >= 4 is 6.03 Å². The first kappa shape index (κ1) is 18.4. The molecule has 2 aliphatic carbocycles. The Hall–Kier alpha value is -0.980. The number of amides is 2. The van der Waals surface area contributed by atoms with Gasteiger partial charge in [-0.3, -0.25) is 0 Å². The van der Waals surface area contributed by atoms with Crippen LogP contribution >= 0.6 is 0 Å². The normalized spacial score (nSPS) is 33.5. The van der Waals surface area contributed by atoms with E-state index in [4.69, 9.17) is 0 Å². The highest BCUT2D eigenvalue weighted by Crippen LogP contribution is 2.65. The standard InChI is InChI=1S/C16H27F3N2O2/c1-10(8-23-9-16(17,18)19)20-13(22)21-12-7-11-5-6-15(12,4)14(11,2)3/h10-12H,5-9H2,1-4H3,(H2,20,21,22)/t10-,11+,12-,15+/m0/s1. The van der Waals surface area contributed by atoms with Crippen LogP contribution in [-0.4, -0.2) is 37.5 Å². The Bertz CT molecular complexity index is 453. The predicted molar refractivity (Wildman–Crippen MR) is 81.0 cm³/mol. The van der Waals surface area contributed by atoms with Crippen LogP contribution in [0, 0.1) is 16.7 Å². The van der Waals surface area contributed by atoms with E-state index < -0.39 is 18.8 Å². The first-order chi connectivity index (χ1) is 10.5. The number of urea groups is 1. The van der Waals surface area contributed by atoms with Crippen molar-refractivity contribution in [1.82, 2.24) is 10.6 Å². The molecule has 0 aromatic rings. The quantitative estimate of drug-likeness (QED) is 0.808. The average molecular weight is 336 g/mol. The van der Waals surface area contributed by atoms with Gasteiger partial charge in [0.25, 0.3) is 0 Å². The third-order valence-corrected chi connectivity index (χ3v) is 6.11. The van der Waals surface area contributed by atoms with Crippen LogP contribution in [0.15, 0.2) is 0 Å². The smallest absolute Gasteiger partial charge is 0.370 e. The lowest BCUT2D eigenvalue weighted by molar-refractivity contribution is -0.174. The van der Waals surface area contributed by atoms with E-state index in [1.807, 2.05) is 0 Å². The van der Waals surface area contributed by atoms with Gasteiger partial charge in [-0.05, 0) is 42.9 Å². The molecule has 0 radical (unpaired) electrons. The van der Waals surface area contributed by atoms with Crippen LogP contribution in [0.1, 0.15) is 47.0 Å². The molecule has 0 heterocycles. The van der Waals surface area contributed by atoms with Crippen molar-refractivity contribution in [3.63, 3.8) is 0 Å². The number of rotatable bonds is 5. The number of hydrogen-bond donors (Lipinski definition) is 2. The fourth-order valence-electron chi connectivity index (χ4n) is 4.24. The van der Waals surface area contributed by atoms with Crippen molar-refractivity contribution in [3.05, 3.63) is 0 Å². The van der Waals surface area contributed by atoms with Crippen molar-refractivity contribution in [2.45, 2.75) is 65.2 Å². The Morgan fingerprint density at radius 3 is 2.48 bits per heavy atom. The van der Waals surface area contributed by atoms with Crippen LogP contribution in [0.25, 0.3) is 0 Å². The molecule has 0 saturated heterocycles. The molecule has 2 N–H and O–H groups in total. The molecule has 0 aromatic carbocycles. The molecule has 4 atom stereocenters. The average Bonchev–Trinajstić information content (AvgIpc) is 2.70. The maximum atomic E-state index is 12.1. The summed E-state index contributed by atoms with van der Waals surface area (Å²) in [6.07, 6.45) is -1.08. The summed E-state index contributed by atoms with van der Waals surface area (Å²) in [5.74, 6) is 0.616. The lowest BCUT2D eigenvalue weighted by atomic mass is 9.69. The fraction of sp³-hybridized carbons (Fsp3) is 0.938. The molecular weight excluding hydrogens is 309 g/mol. The van der Waals surface area contributed by atoms with Crippen LogP contribution in [-0.2, 0) is 4.74 Å². The van der Waals surface area contributed by atoms with Gasteiger partial charge >= 0.3 is 12.2 Å². The first-order valence-electron chi connectivity index (χ1n) is 8.17. The molecule has 134 valence electrons. The largest absolute Gasteiger partial charge is 0.411 e. The Kier molecular flexibility index (Phi) is 4.91. The minimum absolute atomic E-state index is 0.0744. The lowest BCUT2D eigenvalue weighted by Gasteiger charge is -2.39. The van der Waals surface area contributed by atoms with Gasteiger partial charge in [-0.15, -0.1) is 0 Å². The van der Waals surface area contributed by atoms with E-state index in [-0.39, 0.29) is 29.5 Å². The molecule has 2 bridgehead atoms. The number of alkyl halides is 3. The summed E-state index contributed by atoms with van der Waals surface area (Å²) < 4.78 is 40.6. The molecule has 4 nitrogen and oxygen atoms in total. The summed E-state index contributed by atoms with van der Waals surface area (Å²) >= 11 is 0. The maximum absolute atomic E-state index is 12.1. The summed E-state index contributed by atoms with van der Waals surface area (Å²) in [6.45, 7) is 6.92. The summed E-state index contributed by atoms with van der Waals surface area (Å²) in [4.78, 5) is 12.1. The van der Waals surface area contributed by atoms with E-state index in [9.17, 15) is 18.0 Å². The number of carbonyl (C=O) groups excluding carboxylic acids is 1. The highest BCUT2D eigenvalue weighted by Gasteiger charge is 2.61. The molecule has 2 amide bonds. The molecule has 0 spiro atoms. The van der Waals surface area contributed by atoms with Gasteiger partial charge < -0.3 is 15.4 Å². The van der Waals surface area contributed by atoms with Gasteiger partial charge in [0, 0.05) is 6.04 Å². The molecule has 7 heteroatoms. The Morgan fingerprint density at radius 2 is 2.00 bits per heavy atom. The summed E-state index contributed by atoms with van der Waals surface area (Å²) in [7, 11) is 0. The van der Waals surface area contributed by atoms with Crippen molar-refractivity contribution < 1.29 is 22.7 Å². The van der Waals surface area contributed by atoms with Gasteiger partial charge in [-0.2, -0.15) is 13.2 Å². The van der Waals surface area contributed by atoms with E-state index in [0.29, 0.717) is 5.92 Å². The maximum Gasteiger partial charge on any atom is 0.411 e. The fourth-order valence-corrected chi connectivity index (χ4v) is 4.24. The topological polar surface area (TPSA) is 50.4 Å². The third kappa shape index (κ3) is 3.75. The zero-order valence-corrected chi connectivity index (χ0v) is 14.2. The lowest BCUT2D eigenvalue weighted by Crippen LogP contribution is -2.52. The summed E-state index contributed by atoms with van der Waals surface area (Å²) in [5, 5.41) is 5.67. The summed E-state index contributed by atoms with van der Waals surface area (Å²) in [6, 6.07) is -0.695. The number of fused-ring (bicyclic) bond motifs is 2. The van der Waals surface area contributed by atoms with Gasteiger partial charge in [0.05, 0.1) is 12.6 Å². The minimum atomic E-state index is -4.34. The molecule has 2 saturated carbocycles. The third-order valence-electron chi connectivity index (χ3n) is 6.11. The van der Waals surface area contributed by atoms with Crippen molar-refractivity contribution in [1.29, 1.82) is 0 Å². The number of halogens is 3. The van der Waals surface area contributed by atoms with E-state index in [2.05, 4.69) is 36.1 Å². The van der Waals surface area contributed by atoms with E-state index in [1.165, 1.54) is 6.42 Å². The first-order valence-corrected chi connectivity index (χ1v) is 8.17. The van der Waals surface area contributed by atoms with Crippen molar-refractivity contribution in [3.8, 4) is 0 Å². The Balaban J connectivity index is 1.78. The number of nitrogens with one attached hydrogen (secondary N) is 2. The van der Waals surface area contributed by atoms with Crippen molar-refractivity contribution in [2.75, 3.05) is 13.2 Å². The van der Waals surface area contributed by atoms with Gasteiger partial charge in [-0.25, -0.2) is 4.79 Å². The second-order valence-corrected chi connectivity index (χ2v) is 7.81. The second-order valence-electron chi connectivity index (χ2n) is 7.81. The molecule has 2 fully saturated rings. The van der Waals surface area contributed by atoms with Crippen molar-refractivity contribution in [2.24, 2.45) is 16.7 Å². The molecule has 2 aliphatic rings. The van der Waals surface area contributed by atoms with Crippen LogP contribution < -0.4 is 10.6 Å². The summed E-state index contributed by atoms with van der Waals surface area (Å²) in [5.41, 5.74) is 0.275. The molecular formula is C16H27F3N2O2. The zero-order chi connectivity index (χ0) is 17.5. The number of carbonyl (C=O) groups is 1. The molecule has 2 rings (SSSR count). The minimum Gasteiger partial charge on any atom is -0.370 e. The monoisotopic (exact) mass is 336 g/mol. The van der Waals surface area contributed by atoms with Gasteiger partial charge in [0.1, 0.15) is 6.61 Å².